The second-order valence-electron chi connectivity index (χ2n) is 10.7. The van der Waals surface area contributed by atoms with Gasteiger partial charge in [-0.2, -0.15) is 0 Å². The van der Waals surface area contributed by atoms with Crippen molar-refractivity contribution in [1.29, 1.82) is 0 Å². The van der Waals surface area contributed by atoms with Crippen LogP contribution in [0.3, 0.4) is 0 Å². The third-order valence-corrected chi connectivity index (χ3v) is 6.48. The number of ether oxygens (including phenoxy) is 1. The highest BCUT2D eigenvalue weighted by Gasteiger charge is 2.48. The van der Waals surface area contributed by atoms with E-state index in [1.54, 1.807) is 20.8 Å². The van der Waals surface area contributed by atoms with Crippen molar-refractivity contribution in [3.63, 3.8) is 0 Å². The first-order valence-corrected chi connectivity index (χ1v) is 12.8. The quantitative estimate of drug-likeness (QED) is 0.466. The maximum Gasteiger partial charge on any atom is 0.408 e. The first-order valence-electron chi connectivity index (χ1n) is 12.8. The molecular weight excluding hydrogens is 470 g/mol. The number of rotatable bonds is 9. The molecule has 4 unspecified atom stereocenters. The molecule has 0 saturated heterocycles. The summed E-state index contributed by atoms with van der Waals surface area (Å²) in [6.07, 6.45) is 0.754. The van der Waals surface area contributed by atoms with Gasteiger partial charge in [0.05, 0.1) is 6.61 Å². The number of nitrogens with one attached hydrogen (secondary N) is 2. The highest BCUT2D eigenvalue weighted by Crippen LogP contribution is 2.41. The molecule has 1 aliphatic rings. The van der Waals surface area contributed by atoms with E-state index in [1.165, 1.54) is 4.90 Å². The van der Waals surface area contributed by atoms with Gasteiger partial charge in [0.25, 0.3) is 5.91 Å². The number of para-hydroxylation sites is 1. The average molecular weight is 510 g/mol. The number of alkyl carbamates (subject to hydrolysis) is 1. The molecule has 0 heterocycles. The molecule has 2 aromatic rings. The third-order valence-electron chi connectivity index (χ3n) is 6.48. The normalized spacial score (nSPS) is 18.4. The monoisotopic (exact) mass is 509 g/mol. The van der Waals surface area contributed by atoms with Gasteiger partial charge >= 0.3 is 6.09 Å². The van der Waals surface area contributed by atoms with Gasteiger partial charge in [-0.25, -0.2) is 4.79 Å². The summed E-state index contributed by atoms with van der Waals surface area (Å²) in [6, 6.07) is 12.7. The van der Waals surface area contributed by atoms with Crippen LogP contribution in [0.2, 0.25) is 0 Å². The van der Waals surface area contributed by atoms with Gasteiger partial charge in [-0.05, 0) is 69.2 Å². The number of hydrogen-bond donors (Lipinski definition) is 3. The Labute approximate surface area is 219 Å². The van der Waals surface area contributed by atoms with E-state index in [2.05, 4.69) is 10.6 Å². The molecular formula is C29H39N3O5. The smallest absolute Gasteiger partial charge is 0.408 e. The Kier molecular flexibility index (Phi) is 8.97. The lowest BCUT2D eigenvalue weighted by Gasteiger charge is -2.34. The molecule has 0 radical (unpaired) electrons. The average Bonchev–Trinajstić information content (AvgIpc) is 3.56. The summed E-state index contributed by atoms with van der Waals surface area (Å²) in [5, 5.41) is 15.6. The molecule has 1 aliphatic carbocycles. The van der Waals surface area contributed by atoms with Crippen molar-refractivity contribution in [2.45, 2.75) is 78.1 Å². The minimum Gasteiger partial charge on any atom is -0.444 e. The number of anilines is 1. The van der Waals surface area contributed by atoms with Crippen molar-refractivity contribution < 1.29 is 24.2 Å². The fraction of sp³-hybridized carbons (Fsp3) is 0.483. The maximum absolute atomic E-state index is 13.9. The lowest BCUT2D eigenvalue weighted by atomic mass is 10.00. The number of carbonyl (C=O) groups is 3. The molecule has 200 valence electrons. The number of carbonyl (C=O) groups excluding carboxylic acids is 3. The fourth-order valence-corrected chi connectivity index (χ4v) is 4.28. The molecule has 1 fully saturated rings. The highest BCUT2D eigenvalue weighted by atomic mass is 16.6. The molecule has 8 heteroatoms. The number of amides is 3. The second kappa shape index (κ2) is 11.8. The van der Waals surface area contributed by atoms with Crippen molar-refractivity contribution in [2.24, 2.45) is 5.92 Å². The van der Waals surface area contributed by atoms with E-state index in [9.17, 15) is 19.5 Å². The van der Waals surface area contributed by atoms with E-state index in [0.29, 0.717) is 11.3 Å². The SMILES string of the molecule is CCc1ccc(C(C(=O)Nc2ccccc2C)N(C(=O)C(CO)NC(=O)OC(C)(C)C)C2CC2C)cc1. The van der Waals surface area contributed by atoms with Gasteiger partial charge in [0, 0.05) is 11.7 Å². The summed E-state index contributed by atoms with van der Waals surface area (Å²) in [4.78, 5) is 41.7. The largest absolute Gasteiger partial charge is 0.444 e. The molecule has 3 N–H and O–H groups in total. The van der Waals surface area contributed by atoms with Gasteiger partial charge in [0.15, 0.2) is 0 Å². The lowest BCUT2D eigenvalue weighted by molar-refractivity contribution is -0.142. The van der Waals surface area contributed by atoms with Crippen LogP contribution in [0.1, 0.15) is 63.8 Å². The number of aryl methyl sites for hydroxylation is 2. The Morgan fingerprint density at radius 1 is 1.11 bits per heavy atom. The van der Waals surface area contributed by atoms with E-state index in [4.69, 9.17) is 4.74 Å². The number of aliphatic hydroxyl groups excluding tert-OH is 1. The second-order valence-corrected chi connectivity index (χ2v) is 10.7. The van der Waals surface area contributed by atoms with Crippen LogP contribution in [0.15, 0.2) is 48.5 Å². The zero-order valence-corrected chi connectivity index (χ0v) is 22.6. The molecule has 0 bridgehead atoms. The van der Waals surface area contributed by atoms with Crippen molar-refractivity contribution >= 4 is 23.6 Å². The van der Waals surface area contributed by atoms with Gasteiger partial charge in [-0.3, -0.25) is 9.59 Å². The molecule has 4 atom stereocenters. The molecule has 0 aliphatic heterocycles. The van der Waals surface area contributed by atoms with Crippen LogP contribution in [0, 0.1) is 12.8 Å². The Hall–Kier alpha value is -3.39. The van der Waals surface area contributed by atoms with Crippen LogP contribution >= 0.6 is 0 Å². The molecule has 0 aromatic heterocycles. The molecule has 2 aromatic carbocycles. The van der Waals surface area contributed by atoms with Crippen LogP contribution in [-0.2, 0) is 20.7 Å². The fourth-order valence-electron chi connectivity index (χ4n) is 4.28. The van der Waals surface area contributed by atoms with Crippen molar-refractivity contribution in [2.75, 3.05) is 11.9 Å². The zero-order valence-electron chi connectivity index (χ0n) is 22.6. The Morgan fingerprint density at radius 2 is 1.73 bits per heavy atom. The first kappa shape index (κ1) is 28.2. The topological polar surface area (TPSA) is 108 Å². The first-order chi connectivity index (χ1) is 17.4. The highest BCUT2D eigenvalue weighted by molar-refractivity contribution is 5.99. The van der Waals surface area contributed by atoms with Gasteiger partial charge in [-0.1, -0.05) is 56.3 Å². The van der Waals surface area contributed by atoms with Crippen LogP contribution in [0.25, 0.3) is 0 Å². The van der Waals surface area contributed by atoms with E-state index in [0.717, 1.165) is 24.0 Å². The van der Waals surface area contributed by atoms with Crippen LogP contribution in [-0.4, -0.2) is 52.2 Å². The summed E-state index contributed by atoms with van der Waals surface area (Å²) in [7, 11) is 0. The number of benzene rings is 2. The van der Waals surface area contributed by atoms with Crippen molar-refractivity contribution in [1.82, 2.24) is 10.2 Å². The van der Waals surface area contributed by atoms with Crippen LogP contribution < -0.4 is 10.6 Å². The minimum absolute atomic E-state index is 0.175. The predicted octanol–water partition coefficient (Wildman–Crippen LogP) is 4.36. The Morgan fingerprint density at radius 3 is 2.24 bits per heavy atom. The minimum atomic E-state index is -1.26. The Balaban J connectivity index is 1.99. The zero-order chi connectivity index (χ0) is 27.3. The molecule has 3 rings (SSSR count). The van der Waals surface area contributed by atoms with E-state index >= 15 is 0 Å². The molecule has 1 saturated carbocycles. The molecule has 3 amide bonds. The van der Waals surface area contributed by atoms with Crippen LogP contribution in [0.5, 0.6) is 0 Å². The van der Waals surface area contributed by atoms with E-state index in [1.807, 2.05) is 69.3 Å². The summed E-state index contributed by atoms with van der Waals surface area (Å²) in [6.45, 7) is 10.5. The van der Waals surface area contributed by atoms with Crippen molar-refractivity contribution in [3.05, 3.63) is 65.2 Å². The van der Waals surface area contributed by atoms with E-state index < -0.39 is 36.3 Å². The number of nitrogens with zero attached hydrogens (tertiary/aromatic N) is 1. The van der Waals surface area contributed by atoms with Crippen LogP contribution in [0.4, 0.5) is 10.5 Å². The maximum atomic E-state index is 13.9. The molecule has 8 nitrogen and oxygen atoms in total. The van der Waals surface area contributed by atoms with E-state index in [-0.39, 0.29) is 17.9 Å². The summed E-state index contributed by atoms with van der Waals surface area (Å²) < 4.78 is 5.30. The predicted molar refractivity (Wildman–Crippen MR) is 143 cm³/mol. The van der Waals surface area contributed by atoms with Gasteiger partial charge in [0.1, 0.15) is 17.7 Å². The lowest BCUT2D eigenvalue weighted by Crippen LogP contribution is -2.54. The number of aliphatic hydroxyl groups is 1. The summed E-state index contributed by atoms with van der Waals surface area (Å²) >= 11 is 0. The summed E-state index contributed by atoms with van der Waals surface area (Å²) in [5.41, 5.74) is 2.55. The molecule has 37 heavy (non-hydrogen) atoms. The number of hydrogen-bond acceptors (Lipinski definition) is 5. The standard InChI is InChI=1S/C29H39N3O5/c1-7-20-12-14-21(15-13-20)25(26(34)30-22-11-9-8-10-18(22)2)32(24-16-19(24)3)27(35)23(17-33)31-28(36)37-29(4,5)6/h8-15,19,23-25,33H,7,16-17H2,1-6H3,(H,30,34)(H,31,36). The summed E-state index contributed by atoms with van der Waals surface area (Å²) in [5.74, 6) is -0.722. The Bertz CT molecular complexity index is 1110. The van der Waals surface area contributed by atoms with Gasteiger partial charge in [-0.15, -0.1) is 0 Å². The van der Waals surface area contributed by atoms with Crippen molar-refractivity contribution in [3.8, 4) is 0 Å². The molecule has 0 spiro atoms. The van der Waals surface area contributed by atoms with Gasteiger partial charge < -0.3 is 25.4 Å². The third kappa shape index (κ3) is 7.32. The van der Waals surface area contributed by atoms with Gasteiger partial charge in [0.2, 0.25) is 5.91 Å².